The maximum absolute atomic E-state index is 12.9. The zero-order valence-corrected chi connectivity index (χ0v) is 15.7. The van der Waals surface area contributed by atoms with Gasteiger partial charge in [-0.1, -0.05) is 31.2 Å². The van der Waals surface area contributed by atoms with Crippen molar-refractivity contribution in [2.45, 2.75) is 45.4 Å². The Kier molecular flexibility index (Phi) is 7.56. The van der Waals surface area contributed by atoms with Crippen molar-refractivity contribution in [2.75, 3.05) is 26.7 Å². The average Bonchev–Trinajstić information content (AvgIpc) is 2.55. The minimum atomic E-state index is -0.442. The van der Waals surface area contributed by atoms with Crippen LogP contribution < -0.4 is 5.32 Å². The fraction of sp³-hybridized carbons (Fsp3) is 0.632. The second-order valence-corrected chi connectivity index (χ2v) is 6.97. The number of amides is 1. The summed E-state index contributed by atoms with van der Waals surface area (Å²) < 4.78 is 0. The molecule has 1 heterocycles. The number of carbonyl (C=O) groups excluding carboxylic acids is 1. The minimum absolute atomic E-state index is 0. The van der Waals surface area contributed by atoms with Crippen molar-refractivity contribution >= 4 is 18.3 Å². The molecule has 2 rings (SSSR count). The monoisotopic (exact) mass is 338 g/mol. The Morgan fingerprint density at radius 3 is 2.26 bits per heavy atom. The van der Waals surface area contributed by atoms with E-state index >= 15 is 0 Å². The molecule has 1 fully saturated rings. The van der Waals surface area contributed by atoms with Crippen molar-refractivity contribution in [2.24, 2.45) is 5.92 Å². The molecule has 23 heavy (non-hydrogen) atoms. The highest BCUT2D eigenvalue weighted by Crippen LogP contribution is 2.28. The topological polar surface area (TPSA) is 32.3 Å². The first-order valence-corrected chi connectivity index (χ1v) is 8.52. The first-order valence-electron chi connectivity index (χ1n) is 8.52. The molecule has 0 aromatic heterocycles. The van der Waals surface area contributed by atoms with Crippen molar-refractivity contribution < 1.29 is 4.79 Å². The molecule has 0 spiro atoms. The number of nitrogens with one attached hydrogen (secondary N) is 1. The maximum Gasteiger partial charge on any atom is 0.232 e. The molecule has 1 aromatic carbocycles. The molecule has 0 atom stereocenters. The second kappa shape index (κ2) is 8.70. The number of hydrogen-bond acceptors (Lipinski definition) is 2. The lowest BCUT2D eigenvalue weighted by Crippen LogP contribution is -2.47. The molecule has 1 N–H and O–H groups in total. The van der Waals surface area contributed by atoms with Crippen LogP contribution in [-0.4, -0.2) is 37.5 Å². The van der Waals surface area contributed by atoms with Crippen LogP contribution in [0.25, 0.3) is 0 Å². The van der Waals surface area contributed by atoms with E-state index in [-0.39, 0.29) is 18.3 Å². The summed E-state index contributed by atoms with van der Waals surface area (Å²) in [6.07, 6.45) is 3.25. The number of benzene rings is 1. The van der Waals surface area contributed by atoms with E-state index in [9.17, 15) is 4.79 Å². The van der Waals surface area contributed by atoms with Crippen LogP contribution in [0.5, 0.6) is 0 Å². The third-order valence-electron chi connectivity index (χ3n) is 5.01. The first-order chi connectivity index (χ1) is 10.5. The predicted molar refractivity (Wildman–Crippen MR) is 99.3 cm³/mol. The fourth-order valence-electron chi connectivity index (χ4n) is 3.30. The van der Waals surface area contributed by atoms with E-state index in [1.165, 1.54) is 5.56 Å². The molecule has 130 valence electrons. The van der Waals surface area contributed by atoms with Gasteiger partial charge in [-0.2, -0.15) is 0 Å². The number of piperidine rings is 1. The Labute approximate surface area is 147 Å². The van der Waals surface area contributed by atoms with Gasteiger partial charge in [0.2, 0.25) is 5.91 Å². The highest BCUT2D eigenvalue weighted by molar-refractivity contribution is 5.87. The molecule has 1 aliphatic heterocycles. The maximum atomic E-state index is 12.9. The van der Waals surface area contributed by atoms with Crippen LogP contribution in [0.15, 0.2) is 24.3 Å². The van der Waals surface area contributed by atoms with Gasteiger partial charge >= 0.3 is 0 Å². The Morgan fingerprint density at radius 2 is 1.78 bits per heavy atom. The van der Waals surface area contributed by atoms with Crippen LogP contribution in [-0.2, 0) is 16.6 Å². The lowest BCUT2D eigenvalue weighted by molar-refractivity contribution is -0.137. The van der Waals surface area contributed by atoms with Crippen molar-refractivity contribution in [3.05, 3.63) is 35.4 Å². The zero-order chi connectivity index (χ0) is 16.2. The molecule has 1 saturated heterocycles. The number of aryl methyl sites for hydroxylation is 1. The van der Waals surface area contributed by atoms with Crippen molar-refractivity contribution in [3.8, 4) is 0 Å². The van der Waals surface area contributed by atoms with Crippen molar-refractivity contribution in [1.82, 2.24) is 10.2 Å². The van der Waals surface area contributed by atoms with Gasteiger partial charge in [0.25, 0.3) is 0 Å². The summed E-state index contributed by atoms with van der Waals surface area (Å²) in [5.74, 6) is 0.973. The summed E-state index contributed by atoms with van der Waals surface area (Å²) in [6.45, 7) is 9.10. The molecule has 0 aliphatic carbocycles. The van der Waals surface area contributed by atoms with Crippen LogP contribution in [0.1, 0.15) is 44.7 Å². The van der Waals surface area contributed by atoms with E-state index in [4.69, 9.17) is 0 Å². The summed E-state index contributed by atoms with van der Waals surface area (Å²) >= 11 is 0. The van der Waals surface area contributed by atoms with Gasteiger partial charge in [-0.25, -0.2) is 0 Å². The molecule has 0 unspecified atom stereocenters. The number of nitrogens with zero attached hydrogens (tertiary/aromatic N) is 1. The van der Waals surface area contributed by atoms with E-state index in [1.807, 2.05) is 7.05 Å². The number of halogens is 1. The van der Waals surface area contributed by atoms with Crippen LogP contribution in [0.4, 0.5) is 0 Å². The zero-order valence-electron chi connectivity index (χ0n) is 14.9. The van der Waals surface area contributed by atoms with E-state index < -0.39 is 5.41 Å². The Balaban J connectivity index is 0.00000264. The molecule has 0 radical (unpaired) electrons. The highest BCUT2D eigenvalue weighted by Gasteiger charge is 2.35. The van der Waals surface area contributed by atoms with Crippen molar-refractivity contribution in [3.63, 3.8) is 0 Å². The molecule has 4 heteroatoms. The molecule has 3 nitrogen and oxygen atoms in total. The molecule has 1 aromatic rings. The summed E-state index contributed by atoms with van der Waals surface area (Å²) in [7, 11) is 2.00. The second-order valence-electron chi connectivity index (χ2n) is 6.97. The van der Waals surface area contributed by atoms with Crippen molar-refractivity contribution in [1.29, 1.82) is 0 Å². The molecule has 0 bridgehead atoms. The van der Waals surface area contributed by atoms with Gasteiger partial charge in [-0.3, -0.25) is 4.79 Å². The van der Waals surface area contributed by atoms with Crippen LogP contribution in [0, 0.1) is 5.92 Å². The average molecular weight is 339 g/mol. The van der Waals surface area contributed by atoms with E-state index in [1.54, 1.807) is 0 Å². The smallest absolute Gasteiger partial charge is 0.232 e. The Morgan fingerprint density at radius 1 is 1.22 bits per heavy atom. The first kappa shape index (κ1) is 20.0. The summed E-state index contributed by atoms with van der Waals surface area (Å²) in [5.41, 5.74) is 1.99. The third-order valence-corrected chi connectivity index (χ3v) is 5.01. The lowest BCUT2D eigenvalue weighted by atomic mass is 9.82. The number of hydrogen-bond donors (Lipinski definition) is 1. The predicted octanol–water partition coefficient (Wildman–Crippen LogP) is 3.41. The number of rotatable bonds is 5. The molecular formula is C19H31ClN2O. The lowest BCUT2D eigenvalue weighted by Gasteiger charge is -2.37. The van der Waals surface area contributed by atoms with Crippen LogP contribution in [0.2, 0.25) is 0 Å². The van der Waals surface area contributed by atoms with Gasteiger partial charge < -0.3 is 10.2 Å². The van der Waals surface area contributed by atoms with Gasteiger partial charge in [0.05, 0.1) is 5.41 Å². The molecular weight excluding hydrogens is 308 g/mol. The molecule has 0 saturated carbocycles. The van der Waals surface area contributed by atoms with Gasteiger partial charge in [0.1, 0.15) is 0 Å². The largest absolute Gasteiger partial charge is 0.342 e. The number of carbonyl (C=O) groups is 1. The van der Waals surface area contributed by atoms with Gasteiger partial charge in [0, 0.05) is 13.1 Å². The Hall–Kier alpha value is -1.06. The number of likely N-dealkylation sites (tertiary alicyclic amines) is 1. The quantitative estimate of drug-likeness (QED) is 0.892. The standard InChI is InChI=1S/C19H30N2O.ClH/c1-5-15-6-8-17(9-7-15)19(2,3)18(22)21-12-10-16(11-13-21)14-20-4;/h6-9,16,20H,5,10-14H2,1-4H3;1H. The minimum Gasteiger partial charge on any atom is -0.342 e. The molecule has 1 aliphatic rings. The van der Waals surface area contributed by atoms with E-state index in [0.717, 1.165) is 44.5 Å². The SMILES string of the molecule is CCc1ccc(C(C)(C)C(=O)N2CCC(CNC)CC2)cc1.Cl. The summed E-state index contributed by atoms with van der Waals surface area (Å²) in [4.78, 5) is 15.0. The summed E-state index contributed by atoms with van der Waals surface area (Å²) in [6, 6.07) is 8.52. The normalized spacial score (nSPS) is 16.1. The Bertz CT molecular complexity index is 491. The third kappa shape index (κ3) is 4.71. The van der Waals surface area contributed by atoms with Crippen LogP contribution in [0.3, 0.4) is 0 Å². The van der Waals surface area contributed by atoms with E-state index in [0.29, 0.717) is 5.92 Å². The van der Waals surface area contributed by atoms with E-state index in [2.05, 4.69) is 55.3 Å². The van der Waals surface area contributed by atoms with Gasteiger partial charge in [0.15, 0.2) is 0 Å². The fourth-order valence-corrected chi connectivity index (χ4v) is 3.30. The summed E-state index contributed by atoms with van der Waals surface area (Å²) in [5, 5.41) is 3.24. The van der Waals surface area contributed by atoms with Gasteiger partial charge in [-0.15, -0.1) is 12.4 Å². The highest BCUT2D eigenvalue weighted by atomic mass is 35.5. The van der Waals surface area contributed by atoms with Gasteiger partial charge in [-0.05, 0) is 63.7 Å². The van der Waals surface area contributed by atoms with Crippen LogP contribution >= 0.6 is 12.4 Å². The molecule has 1 amide bonds.